The number of aromatic nitrogens is 1. The molecule has 0 spiro atoms. The van der Waals surface area contributed by atoms with Gasteiger partial charge in [-0.15, -0.1) is 0 Å². The molecule has 1 N–H and O–H groups in total. The van der Waals surface area contributed by atoms with Gasteiger partial charge in [-0.25, -0.2) is 17.8 Å². The number of hydrogen-bond acceptors (Lipinski definition) is 5. The standard InChI is InChI=1S/C16H12ClFN2O4S/c1-23-10-2-4-12(16-19-6-7-24-16)15(8-10)20-25(21,22)11-3-5-14(18)13(17)9-11/h2-9,20H,1H3. The van der Waals surface area contributed by atoms with Crippen LogP contribution in [-0.2, 0) is 10.0 Å². The second-order valence-electron chi connectivity index (χ2n) is 4.93. The highest BCUT2D eigenvalue weighted by Gasteiger charge is 2.20. The summed E-state index contributed by atoms with van der Waals surface area (Å²) in [5.41, 5.74) is 0.616. The van der Waals surface area contributed by atoms with Crippen LogP contribution in [0.5, 0.6) is 5.75 Å². The molecule has 0 unspecified atom stereocenters. The van der Waals surface area contributed by atoms with Gasteiger partial charge in [0.2, 0.25) is 5.89 Å². The molecule has 1 aromatic heterocycles. The second-order valence-corrected chi connectivity index (χ2v) is 7.02. The molecule has 25 heavy (non-hydrogen) atoms. The van der Waals surface area contributed by atoms with Gasteiger partial charge in [0, 0.05) is 6.07 Å². The summed E-state index contributed by atoms with van der Waals surface area (Å²) >= 11 is 5.67. The van der Waals surface area contributed by atoms with E-state index in [0.717, 1.165) is 18.2 Å². The number of methoxy groups -OCH3 is 1. The third-order valence-electron chi connectivity index (χ3n) is 3.34. The number of benzene rings is 2. The molecule has 3 rings (SSSR count). The van der Waals surface area contributed by atoms with Gasteiger partial charge < -0.3 is 9.15 Å². The zero-order valence-electron chi connectivity index (χ0n) is 12.9. The molecular formula is C16H12ClFN2O4S. The van der Waals surface area contributed by atoms with Gasteiger partial charge in [-0.05, 0) is 30.3 Å². The molecule has 2 aromatic carbocycles. The van der Waals surface area contributed by atoms with Gasteiger partial charge in [0.25, 0.3) is 10.0 Å². The smallest absolute Gasteiger partial charge is 0.261 e. The molecule has 0 saturated heterocycles. The Morgan fingerprint density at radius 3 is 2.68 bits per heavy atom. The van der Waals surface area contributed by atoms with Crippen molar-refractivity contribution in [1.82, 2.24) is 4.98 Å². The molecule has 9 heteroatoms. The fourth-order valence-corrected chi connectivity index (χ4v) is 3.47. The number of sulfonamides is 1. The number of ether oxygens (including phenoxy) is 1. The molecule has 0 amide bonds. The Morgan fingerprint density at radius 1 is 1.24 bits per heavy atom. The van der Waals surface area contributed by atoms with Crippen LogP contribution in [0.1, 0.15) is 0 Å². The minimum atomic E-state index is -4.02. The van der Waals surface area contributed by atoms with E-state index < -0.39 is 15.8 Å². The van der Waals surface area contributed by atoms with Crippen LogP contribution in [0.25, 0.3) is 11.5 Å². The second kappa shape index (κ2) is 6.73. The molecule has 0 aliphatic heterocycles. The fraction of sp³-hybridized carbons (Fsp3) is 0.0625. The molecule has 0 aliphatic carbocycles. The average molecular weight is 383 g/mol. The molecule has 0 radical (unpaired) electrons. The van der Waals surface area contributed by atoms with Crippen molar-refractivity contribution < 1.29 is 22.0 Å². The summed E-state index contributed by atoms with van der Waals surface area (Å²) in [6, 6.07) is 7.88. The maximum atomic E-state index is 13.3. The van der Waals surface area contributed by atoms with Crippen molar-refractivity contribution in [3.63, 3.8) is 0 Å². The average Bonchev–Trinajstić information content (AvgIpc) is 3.11. The van der Waals surface area contributed by atoms with Gasteiger partial charge in [-0.1, -0.05) is 11.6 Å². The molecule has 130 valence electrons. The van der Waals surface area contributed by atoms with Gasteiger partial charge in [0.05, 0.1) is 34.5 Å². The summed E-state index contributed by atoms with van der Waals surface area (Å²) < 4.78 is 51.3. The molecule has 3 aromatic rings. The maximum Gasteiger partial charge on any atom is 0.261 e. The fourth-order valence-electron chi connectivity index (χ4n) is 2.13. The predicted octanol–water partition coefficient (Wildman–Crippen LogP) is 3.94. The number of halogens is 2. The van der Waals surface area contributed by atoms with Crippen molar-refractivity contribution in [3.05, 3.63) is 59.7 Å². The Hall–Kier alpha value is -2.58. The van der Waals surface area contributed by atoms with Crippen molar-refractivity contribution in [2.75, 3.05) is 11.8 Å². The lowest BCUT2D eigenvalue weighted by atomic mass is 10.2. The van der Waals surface area contributed by atoms with Crippen LogP contribution in [-0.4, -0.2) is 20.5 Å². The van der Waals surface area contributed by atoms with Crippen LogP contribution in [0.3, 0.4) is 0 Å². The molecule has 6 nitrogen and oxygen atoms in total. The third-order valence-corrected chi connectivity index (χ3v) is 4.99. The van der Waals surface area contributed by atoms with E-state index in [4.69, 9.17) is 20.8 Å². The number of rotatable bonds is 5. The lowest BCUT2D eigenvalue weighted by molar-refractivity contribution is 0.415. The van der Waals surface area contributed by atoms with E-state index in [1.165, 1.54) is 25.6 Å². The number of anilines is 1. The Morgan fingerprint density at radius 2 is 2.04 bits per heavy atom. The SMILES string of the molecule is COc1ccc(-c2ncco2)c(NS(=O)(=O)c2ccc(F)c(Cl)c2)c1. The lowest BCUT2D eigenvalue weighted by Gasteiger charge is -2.13. The first kappa shape index (κ1) is 17.2. The monoisotopic (exact) mass is 382 g/mol. The first-order valence-electron chi connectivity index (χ1n) is 6.96. The highest BCUT2D eigenvalue weighted by Crippen LogP contribution is 2.32. The zero-order chi connectivity index (χ0) is 18.0. The van der Waals surface area contributed by atoms with E-state index in [0.29, 0.717) is 11.3 Å². The van der Waals surface area contributed by atoms with E-state index >= 15 is 0 Å². The summed E-state index contributed by atoms with van der Waals surface area (Å²) in [7, 11) is -2.56. The van der Waals surface area contributed by atoms with Crippen LogP contribution in [0.2, 0.25) is 5.02 Å². The Balaban J connectivity index is 2.05. The topological polar surface area (TPSA) is 81.4 Å². The third kappa shape index (κ3) is 3.59. The number of oxazole rings is 1. The van der Waals surface area contributed by atoms with Crippen molar-refractivity contribution >= 4 is 27.3 Å². The van der Waals surface area contributed by atoms with E-state index in [2.05, 4.69) is 9.71 Å². The zero-order valence-corrected chi connectivity index (χ0v) is 14.4. The maximum absolute atomic E-state index is 13.3. The van der Waals surface area contributed by atoms with E-state index in [-0.39, 0.29) is 21.5 Å². The predicted molar refractivity (Wildman–Crippen MR) is 90.7 cm³/mol. The van der Waals surface area contributed by atoms with Gasteiger partial charge in [-0.2, -0.15) is 0 Å². The minimum Gasteiger partial charge on any atom is -0.497 e. The molecule has 0 atom stereocenters. The van der Waals surface area contributed by atoms with Crippen LogP contribution in [0.4, 0.5) is 10.1 Å². The van der Waals surface area contributed by atoms with E-state index in [1.54, 1.807) is 12.1 Å². The van der Waals surface area contributed by atoms with Gasteiger partial charge in [0.15, 0.2) is 0 Å². The molecule has 0 saturated carbocycles. The molecule has 1 heterocycles. The summed E-state index contributed by atoms with van der Waals surface area (Å²) in [5.74, 6) is -0.0369. The van der Waals surface area contributed by atoms with Crippen LogP contribution >= 0.6 is 11.6 Å². The van der Waals surface area contributed by atoms with Crippen LogP contribution in [0.15, 0.2) is 58.2 Å². The van der Waals surface area contributed by atoms with Gasteiger partial charge in [-0.3, -0.25) is 4.72 Å². The van der Waals surface area contributed by atoms with Crippen molar-refractivity contribution in [2.45, 2.75) is 4.90 Å². The number of nitrogens with one attached hydrogen (secondary N) is 1. The van der Waals surface area contributed by atoms with Gasteiger partial charge >= 0.3 is 0 Å². The number of hydrogen-bond donors (Lipinski definition) is 1. The van der Waals surface area contributed by atoms with Crippen LogP contribution in [0, 0.1) is 5.82 Å². The highest BCUT2D eigenvalue weighted by molar-refractivity contribution is 7.92. The molecule has 0 bridgehead atoms. The van der Waals surface area contributed by atoms with E-state index in [1.807, 2.05) is 0 Å². The summed E-state index contributed by atoms with van der Waals surface area (Å²) in [4.78, 5) is 3.84. The number of nitrogens with zero attached hydrogens (tertiary/aromatic N) is 1. The summed E-state index contributed by atoms with van der Waals surface area (Å²) in [5, 5.41) is -0.290. The lowest BCUT2D eigenvalue weighted by Crippen LogP contribution is -2.14. The summed E-state index contributed by atoms with van der Waals surface area (Å²) in [6.07, 6.45) is 2.81. The molecular weight excluding hydrogens is 371 g/mol. The summed E-state index contributed by atoms with van der Waals surface area (Å²) in [6.45, 7) is 0. The minimum absolute atomic E-state index is 0.180. The van der Waals surface area contributed by atoms with Crippen molar-refractivity contribution in [3.8, 4) is 17.2 Å². The van der Waals surface area contributed by atoms with E-state index in [9.17, 15) is 12.8 Å². The quantitative estimate of drug-likeness (QED) is 0.722. The Kier molecular flexibility index (Phi) is 4.65. The molecule has 0 fully saturated rings. The first-order valence-corrected chi connectivity index (χ1v) is 8.82. The Labute approximate surface area is 148 Å². The first-order chi connectivity index (χ1) is 11.9. The van der Waals surface area contributed by atoms with Crippen molar-refractivity contribution in [2.24, 2.45) is 0 Å². The Bertz CT molecular complexity index is 1010. The largest absolute Gasteiger partial charge is 0.497 e. The van der Waals surface area contributed by atoms with Crippen LogP contribution < -0.4 is 9.46 Å². The normalized spacial score (nSPS) is 11.3. The van der Waals surface area contributed by atoms with Crippen molar-refractivity contribution in [1.29, 1.82) is 0 Å². The van der Waals surface area contributed by atoms with Gasteiger partial charge in [0.1, 0.15) is 17.8 Å². The molecule has 0 aliphatic rings. The highest BCUT2D eigenvalue weighted by atomic mass is 35.5.